The Bertz CT molecular complexity index is 301. The molecule has 13 heavy (non-hydrogen) atoms. The zero-order valence-corrected chi connectivity index (χ0v) is 9.45. The fourth-order valence-electron chi connectivity index (χ4n) is 2.72. The van der Waals surface area contributed by atoms with Gasteiger partial charge in [0.1, 0.15) is 0 Å². The van der Waals surface area contributed by atoms with Gasteiger partial charge in [-0.25, -0.2) is 8.42 Å². The lowest BCUT2D eigenvalue weighted by atomic mass is 9.56. The maximum Gasteiger partial charge on any atom is 0.151 e. The highest BCUT2D eigenvalue weighted by molar-refractivity contribution is 7.92. The molecule has 2 fully saturated rings. The first-order valence-corrected chi connectivity index (χ1v) is 6.75. The lowest BCUT2D eigenvalue weighted by molar-refractivity contribution is 0.00896. The first-order valence-electron chi connectivity index (χ1n) is 4.93. The standard InChI is InChI=1S/C10H18O2S/c1-9(2,3)8-4-10(5-8)6-13(11,12)7-10/h8H,4-7H2,1-3H3. The van der Waals surface area contributed by atoms with Crippen LogP contribution in [-0.2, 0) is 9.84 Å². The average Bonchev–Trinajstić information content (AvgIpc) is 1.72. The maximum absolute atomic E-state index is 11.1. The van der Waals surface area contributed by atoms with E-state index in [2.05, 4.69) is 20.8 Å². The molecule has 0 amide bonds. The molecule has 76 valence electrons. The van der Waals surface area contributed by atoms with Crippen LogP contribution >= 0.6 is 0 Å². The smallest absolute Gasteiger partial charge is 0.151 e. The first kappa shape index (κ1) is 9.50. The Kier molecular flexibility index (Phi) is 1.68. The van der Waals surface area contributed by atoms with Gasteiger partial charge in [-0.3, -0.25) is 0 Å². The van der Waals surface area contributed by atoms with Gasteiger partial charge in [0.25, 0.3) is 0 Å². The SMILES string of the molecule is CC(C)(C)C1CC2(C1)CS(=O)(=O)C2. The summed E-state index contributed by atoms with van der Waals surface area (Å²) in [6.45, 7) is 6.74. The second-order valence-electron chi connectivity index (χ2n) is 6.00. The minimum absolute atomic E-state index is 0.219. The van der Waals surface area contributed by atoms with Crippen LogP contribution in [0.3, 0.4) is 0 Å². The van der Waals surface area contributed by atoms with Crippen LogP contribution in [0.2, 0.25) is 0 Å². The van der Waals surface area contributed by atoms with Crippen LogP contribution in [0.4, 0.5) is 0 Å². The predicted molar refractivity (Wildman–Crippen MR) is 53.3 cm³/mol. The molecule has 2 aliphatic rings. The van der Waals surface area contributed by atoms with Gasteiger partial charge in [-0.15, -0.1) is 0 Å². The third-order valence-corrected chi connectivity index (χ3v) is 5.74. The Hall–Kier alpha value is -0.0500. The Balaban J connectivity index is 1.94. The third kappa shape index (κ3) is 1.51. The molecule has 0 N–H and O–H groups in total. The van der Waals surface area contributed by atoms with Crippen LogP contribution in [0.15, 0.2) is 0 Å². The molecule has 1 saturated heterocycles. The van der Waals surface area contributed by atoms with Crippen molar-refractivity contribution >= 4 is 9.84 Å². The summed E-state index contributed by atoms with van der Waals surface area (Å²) in [6.07, 6.45) is 2.27. The number of hydrogen-bond donors (Lipinski definition) is 0. The summed E-state index contributed by atoms with van der Waals surface area (Å²) in [5, 5.41) is 0. The van der Waals surface area contributed by atoms with Crippen molar-refractivity contribution in [1.82, 2.24) is 0 Å². The van der Waals surface area contributed by atoms with E-state index in [1.165, 1.54) is 0 Å². The summed E-state index contributed by atoms with van der Waals surface area (Å²) >= 11 is 0. The van der Waals surface area contributed by atoms with Crippen LogP contribution in [0.5, 0.6) is 0 Å². The summed E-state index contributed by atoms with van der Waals surface area (Å²) in [5.74, 6) is 1.67. The first-order chi connectivity index (χ1) is 5.73. The highest BCUT2D eigenvalue weighted by atomic mass is 32.2. The molecule has 1 spiro atoms. The van der Waals surface area contributed by atoms with Crippen LogP contribution in [0, 0.1) is 16.7 Å². The van der Waals surface area contributed by atoms with E-state index in [0.29, 0.717) is 16.9 Å². The van der Waals surface area contributed by atoms with Crippen molar-refractivity contribution in [3.05, 3.63) is 0 Å². The molecule has 0 bridgehead atoms. The minimum Gasteiger partial charge on any atom is -0.229 e. The average molecular weight is 202 g/mol. The summed E-state index contributed by atoms with van der Waals surface area (Å²) in [5.41, 5.74) is 0.585. The molecule has 0 aromatic rings. The van der Waals surface area contributed by atoms with Gasteiger partial charge in [0, 0.05) is 0 Å². The van der Waals surface area contributed by atoms with Crippen LogP contribution in [0.25, 0.3) is 0 Å². The highest BCUT2D eigenvalue weighted by Crippen LogP contribution is 2.58. The van der Waals surface area contributed by atoms with Crippen molar-refractivity contribution in [2.24, 2.45) is 16.7 Å². The van der Waals surface area contributed by atoms with Crippen LogP contribution in [0.1, 0.15) is 33.6 Å². The third-order valence-electron chi connectivity index (χ3n) is 3.64. The molecule has 2 rings (SSSR count). The molecule has 0 aromatic carbocycles. The van der Waals surface area contributed by atoms with E-state index in [-0.39, 0.29) is 5.41 Å². The van der Waals surface area contributed by atoms with Crippen molar-refractivity contribution in [3.8, 4) is 0 Å². The van der Waals surface area contributed by atoms with E-state index in [9.17, 15) is 8.42 Å². The minimum atomic E-state index is -2.62. The Morgan fingerprint density at radius 1 is 1.15 bits per heavy atom. The van der Waals surface area contributed by atoms with Crippen molar-refractivity contribution in [2.45, 2.75) is 33.6 Å². The molecule has 1 aliphatic carbocycles. The van der Waals surface area contributed by atoms with E-state index < -0.39 is 9.84 Å². The van der Waals surface area contributed by atoms with Crippen molar-refractivity contribution < 1.29 is 8.42 Å². The van der Waals surface area contributed by atoms with E-state index in [1.54, 1.807) is 0 Å². The normalized spacial score (nSPS) is 31.0. The molecule has 1 aliphatic heterocycles. The summed E-state index contributed by atoms with van der Waals surface area (Å²) in [6, 6.07) is 0. The van der Waals surface area contributed by atoms with E-state index >= 15 is 0 Å². The largest absolute Gasteiger partial charge is 0.229 e. The van der Waals surface area contributed by atoms with Gasteiger partial charge in [0.2, 0.25) is 0 Å². The van der Waals surface area contributed by atoms with E-state index in [0.717, 1.165) is 18.8 Å². The van der Waals surface area contributed by atoms with Gasteiger partial charge in [-0.2, -0.15) is 0 Å². The van der Waals surface area contributed by atoms with Crippen LogP contribution in [-0.4, -0.2) is 19.9 Å². The Labute approximate surface area is 80.6 Å². The summed E-state index contributed by atoms with van der Waals surface area (Å²) in [4.78, 5) is 0. The zero-order chi connectivity index (χ0) is 9.91. The zero-order valence-electron chi connectivity index (χ0n) is 8.63. The molecule has 3 heteroatoms. The number of hydrogen-bond acceptors (Lipinski definition) is 2. The number of rotatable bonds is 0. The van der Waals surface area contributed by atoms with Gasteiger partial charge in [-0.1, -0.05) is 20.8 Å². The van der Waals surface area contributed by atoms with Gasteiger partial charge >= 0.3 is 0 Å². The van der Waals surface area contributed by atoms with Gasteiger partial charge in [-0.05, 0) is 29.6 Å². The highest BCUT2D eigenvalue weighted by Gasteiger charge is 2.58. The van der Waals surface area contributed by atoms with Crippen molar-refractivity contribution in [3.63, 3.8) is 0 Å². The fourth-order valence-corrected chi connectivity index (χ4v) is 4.98. The molecule has 1 saturated carbocycles. The summed E-state index contributed by atoms with van der Waals surface area (Å²) < 4.78 is 22.1. The predicted octanol–water partition coefficient (Wildman–Crippen LogP) is 1.86. The quantitative estimate of drug-likeness (QED) is 0.601. The second-order valence-corrected chi connectivity index (χ2v) is 8.07. The van der Waals surface area contributed by atoms with Crippen molar-refractivity contribution in [2.75, 3.05) is 11.5 Å². The van der Waals surface area contributed by atoms with Gasteiger partial charge in [0.15, 0.2) is 9.84 Å². The number of sulfone groups is 1. The van der Waals surface area contributed by atoms with E-state index in [4.69, 9.17) is 0 Å². The summed E-state index contributed by atoms with van der Waals surface area (Å²) in [7, 11) is -2.62. The second kappa shape index (κ2) is 2.30. The monoisotopic (exact) mass is 202 g/mol. The maximum atomic E-state index is 11.1. The molecule has 2 nitrogen and oxygen atoms in total. The molecule has 0 unspecified atom stereocenters. The van der Waals surface area contributed by atoms with Crippen LogP contribution < -0.4 is 0 Å². The molecular formula is C10H18O2S. The molecular weight excluding hydrogens is 184 g/mol. The van der Waals surface area contributed by atoms with Gasteiger partial charge < -0.3 is 0 Å². The topological polar surface area (TPSA) is 34.1 Å². The molecule has 1 heterocycles. The lowest BCUT2D eigenvalue weighted by Gasteiger charge is -2.57. The fraction of sp³-hybridized carbons (Fsp3) is 1.00. The van der Waals surface area contributed by atoms with E-state index in [1.807, 2.05) is 0 Å². The Morgan fingerprint density at radius 2 is 1.62 bits per heavy atom. The molecule has 0 radical (unpaired) electrons. The molecule has 0 aromatic heterocycles. The Morgan fingerprint density at radius 3 is 1.92 bits per heavy atom. The molecule has 0 atom stereocenters. The van der Waals surface area contributed by atoms with Crippen molar-refractivity contribution in [1.29, 1.82) is 0 Å². The lowest BCUT2D eigenvalue weighted by Crippen LogP contribution is -2.58. The van der Waals surface area contributed by atoms with Gasteiger partial charge in [0.05, 0.1) is 11.5 Å².